The molecule has 0 radical (unpaired) electrons. The van der Waals surface area contributed by atoms with Crippen molar-refractivity contribution in [1.29, 1.82) is 0 Å². The molecule has 0 aliphatic carbocycles. The number of unbranched alkanes of at least 4 members (excludes halogenated alkanes) is 1. The average molecular weight is 809 g/mol. The monoisotopic (exact) mass is 808 g/mol. The Kier molecular flexibility index (Phi) is 14.9. The number of aromatic amines is 1. The van der Waals surface area contributed by atoms with Crippen LogP contribution in [0.15, 0.2) is 85.1 Å². The largest absolute Gasteiger partial charge is 0.444 e. The second kappa shape index (κ2) is 20.0. The summed E-state index contributed by atoms with van der Waals surface area (Å²) in [5, 5.41) is 6.35. The fourth-order valence-electron chi connectivity index (χ4n) is 7.27. The number of para-hydroxylation sites is 2. The van der Waals surface area contributed by atoms with Gasteiger partial charge in [0.25, 0.3) is 5.91 Å². The molecule has 1 aliphatic heterocycles. The molecule has 2 heterocycles. The standard InChI is InChI=1S/C44H56N8O7/c1-29-14-8-10-18-33(29)48-42(57)52(40(55)35(49-43(58)59-44(2,3)4)27-31-28-47-34-19-11-9-17-32(31)34)36(20-12-13-22-45)41(56)50-23-21-38(53)51(25-24-50)37(39(46)54)26-30-15-6-5-7-16-30/h5-11,14-19,28,35-37,47H,12-13,20-27,45H2,1-4H3,(H2,46,54)(H,48,57)(H,49,58)/t35-,36-,37-/m0/s1. The summed E-state index contributed by atoms with van der Waals surface area (Å²) in [7, 11) is 0. The fraction of sp³-hybridized carbons (Fsp3) is 0.409. The highest BCUT2D eigenvalue weighted by Gasteiger charge is 2.42. The first-order valence-electron chi connectivity index (χ1n) is 20.0. The summed E-state index contributed by atoms with van der Waals surface area (Å²) in [6, 6.07) is 19.1. The number of nitrogens with one attached hydrogen (secondary N) is 3. The first kappa shape index (κ1) is 43.9. The van der Waals surface area contributed by atoms with Gasteiger partial charge in [-0.05, 0) is 82.3 Å². The molecule has 0 unspecified atom stereocenters. The van der Waals surface area contributed by atoms with Crippen molar-refractivity contribution >= 4 is 52.3 Å². The van der Waals surface area contributed by atoms with Gasteiger partial charge in [0.15, 0.2) is 0 Å². The number of anilines is 1. The normalized spacial score (nSPS) is 14.8. The van der Waals surface area contributed by atoms with Gasteiger partial charge in [-0.25, -0.2) is 14.5 Å². The Morgan fingerprint density at radius 1 is 0.898 bits per heavy atom. The van der Waals surface area contributed by atoms with Crippen molar-refractivity contribution < 1.29 is 33.5 Å². The van der Waals surface area contributed by atoms with Gasteiger partial charge in [-0.15, -0.1) is 0 Å². The van der Waals surface area contributed by atoms with E-state index >= 15 is 4.79 Å². The van der Waals surface area contributed by atoms with E-state index < -0.39 is 53.6 Å². The third-order valence-electron chi connectivity index (χ3n) is 10.3. The summed E-state index contributed by atoms with van der Waals surface area (Å²) in [5.74, 6) is -2.45. The second-order valence-corrected chi connectivity index (χ2v) is 15.8. The molecule has 1 aromatic heterocycles. The Labute approximate surface area is 344 Å². The molecule has 0 spiro atoms. The smallest absolute Gasteiger partial charge is 0.408 e. The van der Waals surface area contributed by atoms with E-state index in [0.717, 1.165) is 21.4 Å². The van der Waals surface area contributed by atoms with Gasteiger partial charge in [-0.3, -0.25) is 19.2 Å². The lowest BCUT2D eigenvalue weighted by molar-refractivity contribution is -0.144. The van der Waals surface area contributed by atoms with Crippen molar-refractivity contribution in [2.24, 2.45) is 11.5 Å². The molecular weight excluding hydrogens is 753 g/mol. The maximum absolute atomic E-state index is 15.2. The van der Waals surface area contributed by atoms with E-state index in [1.807, 2.05) is 60.7 Å². The van der Waals surface area contributed by atoms with Crippen molar-refractivity contribution in [2.45, 2.75) is 89.9 Å². The van der Waals surface area contributed by atoms with Gasteiger partial charge in [0.2, 0.25) is 17.7 Å². The number of imide groups is 1. The lowest BCUT2D eigenvalue weighted by atomic mass is 10.0. The van der Waals surface area contributed by atoms with Gasteiger partial charge in [-0.2, -0.15) is 0 Å². The van der Waals surface area contributed by atoms with Gasteiger partial charge >= 0.3 is 12.1 Å². The number of hydrogen-bond donors (Lipinski definition) is 5. The van der Waals surface area contributed by atoms with Gasteiger partial charge in [0.05, 0.1) is 0 Å². The molecule has 15 heteroatoms. The van der Waals surface area contributed by atoms with Crippen LogP contribution in [0.5, 0.6) is 0 Å². The number of nitrogens with zero attached hydrogens (tertiary/aromatic N) is 3. The summed E-state index contributed by atoms with van der Waals surface area (Å²) < 4.78 is 5.58. The third kappa shape index (κ3) is 11.7. The molecule has 0 bridgehead atoms. The van der Waals surface area contributed by atoms with Crippen LogP contribution in [0.25, 0.3) is 10.9 Å². The highest BCUT2D eigenvalue weighted by Crippen LogP contribution is 2.24. The quantitative estimate of drug-likeness (QED) is 0.107. The van der Waals surface area contributed by atoms with Crippen molar-refractivity contribution in [3.63, 3.8) is 0 Å². The molecule has 7 amide bonds. The van der Waals surface area contributed by atoms with E-state index in [1.54, 1.807) is 52.1 Å². The molecule has 1 fully saturated rings. The number of urea groups is 1. The summed E-state index contributed by atoms with van der Waals surface area (Å²) in [6.07, 6.45) is 1.79. The number of H-pyrrole nitrogens is 1. The third-order valence-corrected chi connectivity index (χ3v) is 10.3. The Morgan fingerprint density at radius 3 is 2.29 bits per heavy atom. The molecule has 7 N–H and O–H groups in total. The number of carbonyl (C=O) groups excluding carboxylic acids is 6. The number of aryl methyl sites for hydroxylation is 1. The predicted molar refractivity (Wildman–Crippen MR) is 225 cm³/mol. The van der Waals surface area contributed by atoms with Crippen LogP contribution in [-0.4, -0.2) is 105 Å². The predicted octanol–water partition coefficient (Wildman–Crippen LogP) is 4.63. The zero-order chi connectivity index (χ0) is 42.7. The van der Waals surface area contributed by atoms with E-state index in [4.69, 9.17) is 16.2 Å². The van der Waals surface area contributed by atoms with Crippen LogP contribution in [-0.2, 0) is 36.8 Å². The highest BCUT2D eigenvalue weighted by atomic mass is 16.6. The van der Waals surface area contributed by atoms with Crippen molar-refractivity contribution in [3.8, 4) is 0 Å². The highest BCUT2D eigenvalue weighted by molar-refractivity contribution is 6.07. The molecule has 0 saturated carbocycles. The summed E-state index contributed by atoms with van der Waals surface area (Å²) in [5.41, 5.74) is 14.3. The van der Waals surface area contributed by atoms with Gasteiger partial charge in [0.1, 0.15) is 23.7 Å². The van der Waals surface area contributed by atoms with Gasteiger partial charge in [-0.1, -0.05) is 66.7 Å². The minimum atomic E-state index is -1.37. The summed E-state index contributed by atoms with van der Waals surface area (Å²) in [6.45, 7) is 7.14. The number of alkyl carbamates (subject to hydrolysis) is 1. The lowest BCUT2D eigenvalue weighted by Gasteiger charge is -2.35. The summed E-state index contributed by atoms with van der Waals surface area (Å²) in [4.78, 5) is 91.4. The molecular formula is C44H56N8O7. The Hall–Kier alpha value is -6.22. The topological polar surface area (TPSA) is 213 Å². The average Bonchev–Trinajstić information content (AvgIpc) is 3.50. The number of carbonyl (C=O) groups is 6. The lowest BCUT2D eigenvalue weighted by Crippen LogP contribution is -2.60. The van der Waals surface area contributed by atoms with Crippen LogP contribution in [0.3, 0.4) is 0 Å². The SMILES string of the molecule is Cc1ccccc1NC(=O)N(C(=O)[C@H](Cc1c[nH]c2ccccc12)NC(=O)OC(C)(C)C)[C@@H](CCCCN)C(=O)N1CCC(=O)N([C@@H](Cc2ccccc2)C(N)=O)CC1. The fourth-order valence-corrected chi connectivity index (χ4v) is 7.27. The minimum Gasteiger partial charge on any atom is -0.444 e. The number of hydrogen-bond acceptors (Lipinski definition) is 8. The van der Waals surface area contributed by atoms with Gasteiger partial charge in [0, 0.05) is 61.7 Å². The maximum Gasteiger partial charge on any atom is 0.408 e. The number of amides is 7. The van der Waals surface area contributed by atoms with Crippen molar-refractivity contribution in [3.05, 3.63) is 102 Å². The van der Waals surface area contributed by atoms with Gasteiger partial charge < -0.3 is 41.6 Å². The number of nitrogens with two attached hydrogens (primary N) is 2. The number of ether oxygens (including phenoxy) is 1. The molecule has 3 aromatic carbocycles. The van der Waals surface area contributed by atoms with Crippen LogP contribution in [0.2, 0.25) is 0 Å². The molecule has 314 valence electrons. The van der Waals surface area contributed by atoms with Crippen molar-refractivity contribution in [1.82, 2.24) is 25.0 Å². The Bertz CT molecular complexity index is 2110. The minimum absolute atomic E-state index is 0.00667. The van der Waals surface area contributed by atoms with Crippen molar-refractivity contribution in [2.75, 3.05) is 31.5 Å². The summed E-state index contributed by atoms with van der Waals surface area (Å²) >= 11 is 0. The second-order valence-electron chi connectivity index (χ2n) is 15.8. The number of fused-ring (bicyclic) bond motifs is 1. The molecule has 3 atom stereocenters. The van der Waals surface area contributed by atoms with Crippen LogP contribution in [0, 0.1) is 6.92 Å². The van der Waals surface area contributed by atoms with E-state index in [-0.39, 0.29) is 51.2 Å². The Balaban J connectivity index is 1.53. The zero-order valence-corrected chi connectivity index (χ0v) is 34.2. The maximum atomic E-state index is 15.2. The number of benzene rings is 3. The number of aromatic nitrogens is 1. The molecule has 4 aromatic rings. The van der Waals surface area contributed by atoms with E-state index in [1.165, 1.54) is 9.80 Å². The van der Waals surface area contributed by atoms with Crippen LogP contribution in [0.1, 0.15) is 63.1 Å². The number of rotatable bonds is 15. The first-order chi connectivity index (χ1) is 28.2. The number of primary amides is 1. The zero-order valence-electron chi connectivity index (χ0n) is 34.2. The molecule has 1 aliphatic rings. The van der Waals surface area contributed by atoms with Crippen LogP contribution >= 0.6 is 0 Å². The molecule has 1 saturated heterocycles. The van der Waals surface area contributed by atoms with Crippen LogP contribution in [0.4, 0.5) is 15.3 Å². The van der Waals surface area contributed by atoms with E-state index in [2.05, 4.69) is 15.6 Å². The van der Waals surface area contributed by atoms with E-state index in [9.17, 15) is 24.0 Å². The Morgan fingerprint density at radius 2 is 1.59 bits per heavy atom. The molecule has 5 rings (SSSR count). The van der Waals surface area contributed by atoms with Crippen LogP contribution < -0.4 is 22.1 Å². The van der Waals surface area contributed by atoms with E-state index in [0.29, 0.717) is 36.2 Å². The first-order valence-corrected chi connectivity index (χ1v) is 20.0. The molecule has 59 heavy (non-hydrogen) atoms. The molecule has 15 nitrogen and oxygen atoms in total.